The van der Waals surface area contributed by atoms with Crippen molar-refractivity contribution in [2.24, 2.45) is 11.7 Å². The van der Waals surface area contributed by atoms with E-state index < -0.39 is 10.0 Å². The van der Waals surface area contributed by atoms with Gasteiger partial charge in [-0.25, -0.2) is 8.42 Å². The van der Waals surface area contributed by atoms with E-state index >= 15 is 0 Å². The Labute approximate surface area is 120 Å². The highest BCUT2D eigenvalue weighted by molar-refractivity contribution is 7.89. The molecule has 1 heterocycles. The standard InChI is InChI=1S/C13H24N4O2S/c1-4-17(12-7-5-6-11(12)8-14)20(18,19)13-9(2)15-16-10(13)3/h11-12H,4-8,14H2,1-3H3,(H,15,16). The van der Waals surface area contributed by atoms with Gasteiger partial charge in [-0.1, -0.05) is 13.3 Å². The second-order valence-corrected chi connectivity index (χ2v) is 7.29. The number of aromatic amines is 1. The van der Waals surface area contributed by atoms with Crippen LogP contribution in [0.15, 0.2) is 4.90 Å². The van der Waals surface area contributed by atoms with Crippen molar-refractivity contribution in [1.29, 1.82) is 0 Å². The van der Waals surface area contributed by atoms with Gasteiger partial charge in [0, 0.05) is 12.6 Å². The Morgan fingerprint density at radius 1 is 1.40 bits per heavy atom. The van der Waals surface area contributed by atoms with Crippen LogP contribution in [0.4, 0.5) is 0 Å². The topological polar surface area (TPSA) is 92.1 Å². The van der Waals surface area contributed by atoms with Crippen LogP contribution in [-0.2, 0) is 10.0 Å². The third-order valence-corrected chi connectivity index (χ3v) is 6.49. The lowest BCUT2D eigenvalue weighted by Gasteiger charge is -2.30. The van der Waals surface area contributed by atoms with Crippen molar-refractivity contribution in [2.45, 2.75) is 51.0 Å². The number of hydrogen-bond acceptors (Lipinski definition) is 4. The number of aromatic nitrogens is 2. The summed E-state index contributed by atoms with van der Waals surface area (Å²) < 4.78 is 27.5. The first-order chi connectivity index (χ1) is 9.43. The summed E-state index contributed by atoms with van der Waals surface area (Å²) in [6, 6.07) is 0.0173. The van der Waals surface area contributed by atoms with Crippen LogP contribution in [-0.4, -0.2) is 42.1 Å². The zero-order chi connectivity index (χ0) is 14.9. The van der Waals surface area contributed by atoms with Crippen molar-refractivity contribution in [2.75, 3.05) is 13.1 Å². The summed E-state index contributed by atoms with van der Waals surface area (Å²) in [6.45, 7) is 6.36. The Bertz CT molecular complexity index is 547. The number of rotatable bonds is 5. The molecule has 1 saturated carbocycles. The van der Waals surface area contributed by atoms with E-state index in [2.05, 4.69) is 10.2 Å². The fourth-order valence-electron chi connectivity index (χ4n) is 3.29. The fourth-order valence-corrected chi connectivity index (χ4v) is 5.35. The summed E-state index contributed by atoms with van der Waals surface area (Å²) in [6.07, 6.45) is 2.95. The lowest BCUT2D eigenvalue weighted by atomic mass is 10.0. The number of sulfonamides is 1. The van der Waals surface area contributed by atoms with Crippen LogP contribution in [0.25, 0.3) is 0 Å². The van der Waals surface area contributed by atoms with Crippen molar-refractivity contribution < 1.29 is 8.42 Å². The highest BCUT2D eigenvalue weighted by atomic mass is 32.2. The third kappa shape index (κ3) is 2.49. The smallest absolute Gasteiger partial charge is 0.246 e. The van der Waals surface area contributed by atoms with Gasteiger partial charge in [0.05, 0.1) is 11.4 Å². The molecule has 0 bridgehead atoms. The molecule has 20 heavy (non-hydrogen) atoms. The monoisotopic (exact) mass is 300 g/mol. The average molecular weight is 300 g/mol. The zero-order valence-corrected chi connectivity index (χ0v) is 13.2. The number of nitrogens with one attached hydrogen (secondary N) is 1. The number of aryl methyl sites for hydroxylation is 2. The molecular weight excluding hydrogens is 276 g/mol. The Hall–Kier alpha value is -0.920. The fraction of sp³-hybridized carbons (Fsp3) is 0.769. The molecule has 6 nitrogen and oxygen atoms in total. The minimum Gasteiger partial charge on any atom is -0.330 e. The molecule has 1 aromatic heterocycles. The molecule has 0 radical (unpaired) electrons. The van der Waals surface area contributed by atoms with E-state index in [1.54, 1.807) is 18.2 Å². The van der Waals surface area contributed by atoms with Crippen LogP contribution in [0, 0.1) is 19.8 Å². The van der Waals surface area contributed by atoms with Gasteiger partial charge in [0.2, 0.25) is 10.0 Å². The van der Waals surface area contributed by atoms with Gasteiger partial charge in [0.1, 0.15) is 4.90 Å². The van der Waals surface area contributed by atoms with Crippen LogP contribution in [0.1, 0.15) is 37.6 Å². The van der Waals surface area contributed by atoms with E-state index in [1.807, 2.05) is 6.92 Å². The summed E-state index contributed by atoms with van der Waals surface area (Å²) in [4.78, 5) is 0.321. The Kier molecular flexibility index (Phi) is 4.51. The predicted octanol–water partition coefficient (Wildman–Crippen LogP) is 1.16. The Morgan fingerprint density at radius 2 is 2.10 bits per heavy atom. The van der Waals surface area contributed by atoms with E-state index in [0.29, 0.717) is 29.4 Å². The first-order valence-corrected chi connectivity index (χ1v) is 8.61. The van der Waals surface area contributed by atoms with Gasteiger partial charge in [-0.3, -0.25) is 5.10 Å². The molecule has 2 atom stereocenters. The van der Waals surface area contributed by atoms with E-state index in [-0.39, 0.29) is 12.0 Å². The molecule has 114 valence electrons. The van der Waals surface area contributed by atoms with Crippen LogP contribution >= 0.6 is 0 Å². The number of nitrogens with zero attached hydrogens (tertiary/aromatic N) is 2. The molecule has 0 saturated heterocycles. The minimum atomic E-state index is -3.51. The van der Waals surface area contributed by atoms with Crippen molar-refractivity contribution >= 4 is 10.0 Å². The highest BCUT2D eigenvalue weighted by Gasteiger charge is 2.39. The van der Waals surface area contributed by atoms with Crippen LogP contribution in [0.2, 0.25) is 0 Å². The molecule has 2 unspecified atom stereocenters. The quantitative estimate of drug-likeness (QED) is 0.853. The zero-order valence-electron chi connectivity index (χ0n) is 12.4. The molecule has 2 rings (SSSR count). The molecule has 7 heteroatoms. The molecule has 1 aliphatic carbocycles. The lowest BCUT2D eigenvalue weighted by Crippen LogP contribution is -2.44. The van der Waals surface area contributed by atoms with E-state index in [1.165, 1.54) is 0 Å². The number of H-pyrrole nitrogens is 1. The van der Waals surface area contributed by atoms with Gasteiger partial charge >= 0.3 is 0 Å². The van der Waals surface area contributed by atoms with Gasteiger partial charge < -0.3 is 5.73 Å². The van der Waals surface area contributed by atoms with Crippen molar-refractivity contribution in [1.82, 2.24) is 14.5 Å². The summed E-state index contributed by atoms with van der Waals surface area (Å²) >= 11 is 0. The largest absolute Gasteiger partial charge is 0.330 e. The van der Waals surface area contributed by atoms with E-state index in [0.717, 1.165) is 19.3 Å². The normalized spacial score (nSPS) is 23.6. The second kappa shape index (κ2) is 5.83. The van der Waals surface area contributed by atoms with Crippen LogP contribution in [0.3, 0.4) is 0 Å². The molecule has 0 aliphatic heterocycles. The molecule has 3 N–H and O–H groups in total. The van der Waals surface area contributed by atoms with Crippen molar-refractivity contribution in [3.63, 3.8) is 0 Å². The van der Waals surface area contributed by atoms with Gasteiger partial charge in [0.15, 0.2) is 0 Å². The Morgan fingerprint density at radius 3 is 2.60 bits per heavy atom. The lowest BCUT2D eigenvalue weighted by molar-refractivity contribution is 0.276. The molecule has 1 aliphatic rings. The molecule has 0 amide bonds. The molecule has 0 aromatic carbocycles. The average Bonchev–Trinajstić information content (AvgIpc) is 2.97. The first kappa shape index (κ1) is 15.5. The number of nitrogens with two attached hydrogens (primary N) is 1. The number of hydrogen-bond donors (Lipinski definition) is 2. The van der Waals surface area contributed by atoms with Crippen LogP contribution in [0.5, 0.6) is 0 Å². The summed E-state index contributed by atoms with van der Waals surface area (Å²) in [5.41, 5.74) is 6.93. The molecule has 1 aromatic rings. The van der Waals surface area contributed by atoms with Crippen molar-refractivity contribution in [3.8, 4) is 0 Å². The highest BCUT2D eigenvalue weighted by Crippen LogP contribution is 2.33. The van der Waals surface area contributed by atoms with Gasteiger partial charge in [0.25, 0.3) is 0 Å². The maximum absolute atomic E-state index is 12.9. The Balaban J connectivity index is 2.40. The molecular formula is C13H24N4O2S. The van der Waals surface area contributed by atoms with Gasteiger partial charge in [-0.15, -0.1) is 0 Å². The second-order valence-electron chi connectivity index (χ2n) is 5.47. The van der Waals surface area contributed by atoms with E-state index in [9.17, 15) is 8.42 Å². The molecule has 0 spiro atoms. The molecule has 1 fully saturated rings. The third-order valence-electron chi connectivity index (χ3n) is 4.23. The maximum Gasteiger partial charge on any atom is 0.246 e. The van der Waals surface area contributed by atoms with Crippen LogP contribution < -0.4 is 5.73 Å². The SMILES string of the molecule is CCN(C1CCCC1CN)S(=O)(=O)c1c(C)n[nH]c1C. The minimum absolute atomic E-state index is 0.0173. The summed E-state index contributed by atoms with van der Waals surface area (Å²) in [5, 5.41) is 6.77. The maximum atomic E-state index is 12.9. The summed E-state index contributed by atoms with van der Waals surface area (Å²) in [5.74, 6) is 0.261. The summed E-state index contributed by atoms with van der Waals surface area (Å²) in [7, 11) is -3.51. The first-order valence-electron chi connectivity index (χ1n) is 7.17. The van der Waals surface area contributed by atoms with E-state index in [4.69, 9.17) is 5.73 Å². The van der Waals surface area contributed by atoms with Gasteiger partial charge in [-0.2, -0.15) is 9.40 Å². The predicted molar refractivity (Wildman–Crippen MR) is 77.8 cm³/mol. The van der Waals surface area contributed by atoms with Crippen molar-refractivity contribution in [3.05, 3.63) is 11.4 Å². The van der Waals surface area contributed by atoms with Gasteiger partial charge in [-0.05, 0) is 39.2 Å².